The van der Waals surface area contributed by atoms with E-state index in [2.05, 4.69) is 13.0 Å². The number of allylic oxidation sites excluding steroid dienone is 1. The molecule has 0 unspecified atom stereocenters. The lowest BCUT2D eigenvalue weighted by Crippen LogP contribution is -2.35. The molecule has 36 heavy (non-hydrogen) atoms. The third-order valence-electron chi connectivity index (χ3n) is 8.05. The number of nitrogens with zero attached hydrogens (tertiary/aromatic N) is 1. The number of imide groups is 1. The molecule has 0 bridgehead atoms. The zero-order valence-corrected chi connectivity index (χ0v) is 22.4. The molecule has 1 aromatic carbocycles. The van der Waals surface area contributed by atoms with Crippen molar-refractivity contribution in [3.63, 3.8) is 0 Å². The summed E-state index contributed by atoms with van der Waals surface area (Å²) in [5, 5.41) is 10.1. The van der Waals surface area contributed by atoms with Gasteiger partial charge in [-0.05, 0) is 85.9 Å². The number of ether oxygens (including phenoxy) is 2. The van der Waals surface area contributed by atoms with Crippen LogP contribution in [0, 0.1) is 31.6 Å². The normalized spacial score (nSPS) is 26.1. The van der Waals surface area contributed by atoms with Crippen molar-refractivity contribution in [3.8, 4) is 5.75 Å². The first-order valence-corrected chi connectivity index (χ1v) is 13.5. The highest BCUT2D eigenvalue weighted by Crippen LogP contribution is 2.50. The van der Waals surface area contributed by atoms with Gasteiger partial charge in [0.1, 0.15) is 5.75 Å². The van der Waals surface area contributed by atoms with E-state index >= 15 is 0 Å². The molecule has 0 spiro atoms. The number of methoxy groups -OCH3 is 1. The van der Waals surface area contributed by atoms with E-state index in [-0.39, 0.29) is 35.7 Å². The number of likely N-dealkylation sites (tertiary alicyclic amines) is 1. The number of phenolic OH excluding ortho intramolecular Hbond substituents is 1. The van der Waals surface area contributed by atoms with Gasteiger partial charge in [0, 0.05) is 19.6 Å². The summed E-state index contributed by atoms with van der Waals surface area (Å²) in [6.07, 6.45) is 7.38. The lowest BCUT2D eigenvalue weighted by molar-refractivity contribution is -0.140. The van der Waals surface area contributed by atoms with E-state index in [1.807, 2.05) is 32.9 Å². The molecule has 0 radical (unpaired) electrons. The molecule has 0 saturated carbocycles. The maximum absolute atomic E-state index is 13.3. The number of hydrogen-bond acceptors (Lipinski definition) is 5. The smallest absolute Gasteiger partial charge is 0.233 e. The van der Waals surface area contributed by atoms with Crippen molar-refractivity contribution in [2.75, 3.05) is 26.9 Å². The highest BCUT2D eigenvalue weighted by molar-refractivity contribution is 6.05. The summed E-state index contributed by atoms with van der Waals surface area (Å²) in [6, 6.07) is 4.07. The fraction of sp³-hybridized carbons (Fsp3) is 0.600. The van der Waals surface area contributed by atoms with E-state index in [0.29, 0.717) is 31.9 Å². The lowest BCUT2D eigenvalue weighted by Gasteiger charge is -2.31. The number of phenols is 1. The monoisotopic (exact) mass is 495 g/mol. The molecular weight excluding hydrogens is 454 g/mol. The summed E-state index contributed by atoms with van der Waals surface area (Å²) >= 11 is 0. The first kappa shape index (κ1) is 26.6. The number of aryl methyl sites for hydroxylation is 2. The summed E-state index contributed by atoms with van der Waals surface area (Å²) in [5.41, 5.74) is 6.61. The number of aromatic hydroxyl groups is 1. The molecule has 3 aliphatic rings. The van der Waals surface area contributed by atoms with Crippen LogP contribution < -0.4 is 0 Å². The van der Waals surface area contributed by atoms with Crippen LogP contribution in [0.25, 0.3) is 6.08 Å². The number of fused-ring (bicyclic) bond motifs is 3. The van der Waals surface area contributed by atoms with Crippen molar-refractivity contribution in [2.45, 2.75) is 72.3 Å². The van der Waals surface area contributed by atoms with Crippen molar-refractivity contribution in [1.29, 1.82) is 0 Å². The molecule has 1 N–H and O–H groups in total. The van der Waals surface area contributed by atoms with Gasteiger partial charge in [-0.15, -0.1) is 0 Å². The molecule has 2 aliphatic heterocycles. The lowest BCUT2D eigenvalue weighted by atomic mass is 9.69. The third-order valence-corrected chi connectivity index (χ3v) is 8.05. The first-order valence-electron chi connectivity index (χ1n) is 13.5. The highest BCUT2D eigenvalue weighted by atomic mass is 16.5. The molecule has 6 heteroatoms. The van der Waals surface area contributed by atoms with Crippen molar-refractivity contribution < 1.29 is 24.2 Å². The molecular formula is C30H41NO5. The Morgan fingerprint density at radius 2 is 1.83 bits per heavy atom. The molecule has 2 saturated heterocycles. The SMILES string of the molecule is CCC/C(=C\c1cc(C)c(O)c(C)c1)CC[C@H]1OC[C@H]2C1=C(COC)C[C@H]1C(=O)N(CCC)C(=O)[C@H]12. The van der Waals surface area contributed by atoms with Crippen LogP contribution in [0.15, 0.2) is 28.9 Å². The maximum atomic E-state index is 13.3. The molecule has 2 heterocycles. The van der Waals surface area contributed by atoms with Gasteiger partial charge < -0.3 is 14.6 Å². The molecule has 0 aromatic heterocycles. The predicted octanol–water partition coefficient (Wildman–Crippen LogP) is 5.35. The van der Waals surface area contributed by atoms with Gasteiger partial charge in [-0.3, -0.25) is 14.5 Å². The zero-order valence-electron chi connectivity index (χ0n) is 22.4. The van der Waals surface area contributed by atoms with E-state index in [9.17, 15) is 14.7 Å². The Balaban J connectivity index is 1.56. The molecule has 1 aromatic rings. The van der Waals surface area contributed by atoms with Crippen molar-refractivity contribution in [2.24, 2.45) is 17.8 Å². The Bertz CT molecular complexity index is 1050. The van der Waals surface area contributed by atoms with Gasteiger partial charge in [0.2, 0.25) is 11.8 Å². The molecule has 2 fully saturated rings. The maximum Gasteiger partial charge on any atom is 0.233 e. The van der Waals surface area contributed by atoms with Gasteiger partial charge in [0.05, 0.1) is 31.2 Å². The van der Waals surface area contributed by atoms with Crippen LogP contribution in [0.3, 0.4) is 0 Å². The van der Waals surface area contributed by atoms with Crippen LogP contribution in [-0.4, -0.2) is 54.8 Å². The van der Waals surface area contributed by atoms with Crippen LogP contribution >= 0.6 is 0 Å². The molecule has 4 rings (SSSR count). The van der Waals surface area contributed by atoms with Crippen LogP contribution in [0.2, 0.25) is 0 Å². The minimum atomic E-state index is -0.293. The average Bonchev–Trinajstić information content (AvgIpc) is 3.36. The van der Waals surface area contributed by atoms with Gasteiger partial charge >= 0.3 is 0 Å². The van der Waals surface area contributed by atoms with Crippen LogP contribution in [0.5, 0.6) is 5.75 Å². The third kappa shape index (κ3) is 5.03. The number of hydrogen-bond donors (Lipinski definition) is 1. The Kier molecular flexibility index (Phi) is 8.36. The standard InChI is InChI=1S/C30H41NO5/c1-6-8-20(14-21-12-18(3)28(32)19(4)13-21)9-10-25-26-22(16-35-5)15-23-27(24(26)17-36-25)30(34)31(11-7-2)29(23)33/h12-14,23-25,27,32H,6-11,15-17H2,1-5H3/b20-14+/t23-,24+,25-,27-/m1/s1. The predicted molar refractivity (Wildman–Crippen MR) is 140 cm³/mol. The zero-order chi connectivity index (χ0) is 26.0. The van der Waals surface area contributed by atoms with Crippen LogP contribution in [0.4, 0.5) is 0 Å². The fourth-order valence-corrected chi connectivity index (χ4v) is 6.50. The largest absolute Gasteiger partial charge is 0.507 e. The average molecular weight is 496 g/mol. The van der Waals surface area contributed by atoms with E-state index < -0.39 is 0 Å². The van der Waals surface area contributed by atoms with Gasteiger partial charge in [-0.25, -0.2) is 0 Å². The summed E-state index contributed by atoms with van der Waals surface area (Å²) < 4.78 is 11.9. The van der Waals surface area contributed by atoms with Crippen molar-refractivity contribution in [1.82, 2.24) is 4.90 Å². The second-order valence-electron chi connectivity index (χ2n) is 10.7. The Morgan fingerprint density at radius 3 is 2.47 bits per heavy atom. The van der Waals surface area contributed by atoms with Crippen molar-refractivity contribution in [3.05, 3.63) is 45.5 Å². The van der Waals surface area contributed by atoms with Crippen molar-refractivity contribution >= 4 is 17.9 Å². The van der Waals surface area contributed by atoms with Gasteiger partial charge in [0.15, 0.2) is 0 Å². The van der Waals surface area contributed by atoms with Gasteiger partial charge in [0.25, 0.3) is 0 Å². The molecule has 4 atom stereocenters. The number of rotatable bonds is 10. The van der Waals surface area contributed by atoms with Crippen LogP contribution in [0.1, 0.15) is 69.1 Å². The Morgan fingerprint density at radius 1 is 1.11 bits per heavy atom. The Hall–Kier alpha value is -2.44. The summed E-state index contributed by atoms with van der Waals surface area (Å²) in [6.45, 7) is 9.53. The highest BCUT2D eigenvalue weighted by Gasteiger charge is 2.56. The first-order chi connectivity index (χ1) is 17.3. The molecule has 196 valence electrons. The van der Waals surface area contributed by atoms with E-state index in [1.165, 1.54) is 16.0 Å². The second kappa shape index (κ2) is 11.3. The number of carbonyl (C=O) groups excluding carboxylic acids is 2. The molecule has 2 amide bonds. The van der Waals surface area contributed by atoms with Crippen LogP contribution in [-0.2, 0) is 19.1 Å². The Labute approximate surface area is 215 Å². The molecule has 6 nitrogen and oxygen atoms in total. The van der Waals surface area contributed by atoms with E-state index in [0.717, 1.165) is 54.4 Å². The van der Waals surface area contributed by atoms with Gasteiger partial charge in [-0.1, -0.05) is 31.9 Å². The van der Waals surface area contributed by atoms with E-state index in [4.69, 9.17) is 9.47 Å². The van der Waals surface area contributed by atoms with Gasteiger partial charge in [-0.2, -0.15) is 0 Å². The quantitative estimate of drug-likeness (QED) is 0.350. The fourth-order valence-electron chi connectivity index (χ4n) is 6.50. The second-order valence-corrected chi connectivity index (χ2v) is 10.7. The minimum Gasteiger partial charge on any atom is -0.507 e. The number of benzene rings is 1. The summed E-state index contributed by atoms with van der Waals surface area (Å²) in [7, 11) is 1.69. The van der Waals surface area contributed by atoms with E-state index in [1.54, 1.807) is 7.11 Å². The number of amides is 2. The minimum absolute atomic E-state index is 0.0142. The molecule has 1 aliphatic carbocycles. The topological polar surface area (TPSA) is 76.1 Å². The summed E-state index contributed by atoms with van der Waals surface area (Å²) in [5.74, 6) is -0.270. The summed E-state index contributed by atoms with van der Waals surface area (Å²) in [4.78, 5) is 27.8. The number of carbonyl (C=O) groups is 2.